The Bertz CT molecular complexity index is 428. The average Bonchev–Trinajstić information content (AvgIpc) is 2.81. The molecule has 1 aromatic rings. The summed E-state index contributed by atoms with van der Waals surface area (Å²) in [6, 6.07) is 4.66. The van der Waals surface area contributed by atoms with E-state index < -0.39 is 0 Å². The van der Waals surface area contributed by atoms with Gasteiger partial charge in [-0.25, -0.2) is 4.39 Å². The van der Waals surface area contributed by atoms with E-state index in [-0.39, 0.29) is 11.7 Å². The number of nitrogen functional groups attached to an aromatic ring is 1. The summed E-state index contributed by atoms with van der Waals surface area (Å²) in [5.74, 6) is 2.42. The molecular weight excluding hydrogens is 247 g/mol. The van der Waals surface area contributed by atoms with Crippen LogP contribution in [0, 0.1) is 17.1 Å². The summed E-state index contributed by atoms with van der Waals surface area (Å²) in [6.07, 6.45) is 5.41. The summed E-state index contributed by atoms with van der Waals surface area (Å²) in [5, 5.41) is 7.35. The van der Waals surface area contributed by atoms with E-state index in [4.69, 9.17) is 11.1 Å². The Morgan fingerprint density at radius 1 is 1.33 bits per heavy atom. The summed E-state index contributed by atoms with van der Waals surface area (Å²) in [6.45, 7) is 0. The van der Waals surface area contributed by atoms with Gasteiger partial charge < -0.3 is 5.73 Å². The first kappa shape index (κ1) is 13.4. The third-order valence-electron chi connectivity index (χ3n) is 3.37. The van der Waals surface area contributed by atoms with E-state index >= 15 is 0 Å². The molecule has 1 fully saturated rings. The first-order valence-electron chi connectivity index (χ1n) is 6.37. The SMILES string of the molecule is N=C(N)c1cc(F)cc(CSCC2CCCC2)c1. The van der Waals surface area contributed by atoms with Gasteiger partial charge in [0.25, 0.3) is 0 Å². The third-order valence-corrected chi connectivity index (χ3v) is 4.61. The number of nitrogens with one attached hydrogen (secondary N) is 1. The summed E-state index contributed by atoms with van der Waals surface area (Å²) in [7, 11) is 0. The first-order valence-corrected chi connectivity index (χ1v) is 7.52. The number of benzene rings is 1. The molecule has 0 spiro atoms. The number of hydrogen-bond acceptors (Lipinski definition) is 2. The van der Waals surface area contributed by atoms with Gasteiger partial charge in [-0.2, -0.15) is 11.8 Å². The van der Waals surface area contributed by atoms with Gasteiger partial charge in [0.05, 0.1) is 0 Å². The zero-order chi connectivity index (χ0) is 13.0. The van der Waals surface area contributed by atoms with Crippen LogP contribution < -0.4 is 5.73 Å². The van der Waals surface area contributed by atoms with Crippen LogP contribution in [0.2, 0.25) is 0 Å². The second-order valence-electron chi connectivity index (χ2n) is 4.93. The van der Waals surface area contributed by atoms with Crippen molar-refractivity contribution in [1.82, 2.24) is 0 Å². The fourth-order valence-corrected chi connectivity index (χ4v) is 3.60. The van der Waals surface area contributed by atoms with Crippen molar-refractivity contribution >= 4 is 17.6 Å². The topological polar surface area (TPSA) is 49.9 Å². The number of amidine groups is 1. The molecule has 2 nitrogen and oxygen atoms in total. The highest BCUT2D eigenvalue weighted by molar-refractivity contribution is 7.98. The minimum atomic E-state index is -0.306. The predicted octanol–water partition coefficient (Wildman–Crippen LogP) is 3.53. The molecule has 1 aromatic carbocycles. The van der Waals surface area contributed by atoms with Crippen molar-refractivity contribution in [3.8, 4) is 0 Å². The van der Waals surface area contributed by atoms with Crippen LogP contribution in [-0.2, 0) is 5.75 Å². The molecule has 0 saturated heterocycles. The van der Waals surface area contributed by atoms with Crippen LogP contribution >= 0.6 is 11.8 Å². The average molecular weight is 266 g/mol. The first-order chi connectivity index (χ1) is 8.65. The van der Waals surface area contributed by atoms with Crippen LogP contribution in [0.5, 0.6) is 0 Å². The Balaban J connectivity index is 1.89. The van der Waals surface area contributed by atoms with Crippen molar-refractivity contribution in [2.45, 2.75) is 31.4 Å². The van der Waals surface area contributed by atoms with Crippen molar-refractivity contribution in [1.29, 1.82) is 5.41 Å². The Labute approximate surface area is 112 Å². The van der Waals surface area contributed by atoms with Crippen LogP contribution in [0.15, 0.2) is 18.2 Å². The monoisotopic (exact) mass is 266 g/mol. The van der Waals surface area contributed by atoms with Crippen LogP contribution in [0.4, 0.5) is 4.39 Å². The van der Waals surface area contributed by atoms with Crippen molar-refractivity contribution in [3.05, 3.63) is 35.1 Å². The molecule has 3 N–H and O–H groups in total. The quantitative estimate of drug-likeness (QED) is 0.632. The van der Waals surface area contributed by atoms with Gasteiger partial charge in [-0.15, -0.1) is 0 Å². The lowest BCUT2D eigenvalue weighted by Gasteiger charge is -2.09. The zero-order valence-electron chi connectivity index (χ0n) is 10.4. The second-order valence-corrected chi connectivity index (χ2v) is 5.96. The predicted molar refractivity (Wildman–Crippen MR) is 75.5 cm³/mol. The number of rotatable bonds is 5. The summed E-state index contributed by atoms with van der Waals surface area (Å²) in [5.41, 5.74) is 6.79. The maximum absolute atomic E-state index is 13.4. The number of nitrogens with two attached hydrogens (primary N) is 1. The highest BCUT2D eigenvalue weighted by atomic mass is 32.2. The van der Waals surface area contributed by atoms with E-state index in [0.29, 0.717) is 5.56 Å². The van der Waals surface area contributed by atoms with E-state index in [1.165, 1.54) is 37.8 Å². The van der Waals surface area contributed by atoms with Gasteiger partial charge in [-0.05, 0) is 48.3 Å². The molecule has 1 aliphatic rings. The van der Waals surface area contributed by atoms with E-state index in [0.717, 1.165) is 23.0 Å². The molecule has 0 unspecified atom stereocenters. The second kappa shape index (κ2) is 6.23. The molecule has 4 heteroatoms. The minimum Gasteiger partial charge on any atom is -0.384 e. The fourth-order valence-electron chi connectivity index (χ4n) is 2.41. The number of thioether (sulfide) groups is 1. The molecule has 2 rings (SSSR count). The Morgan fingerprint density at radius 2 is 2.06 bits per heavy atom. The van der Waals surface area contributed by atoms with E-state index in [2.05, 4.69) is 0 Å². The molecule has 0 aromatic heterocycles. The number of hydrogen-bond donors (Lipinski definition) is 2. The van der Waals surface area contributed by atoms with Gasteiger partial charge in [0.2, 0.25) is 0 Å². The molecule has 98 valence electrons. The van der Waals surface area contributed by atoms with E-state index in [9.17, 15) is 4.39 Å². The van der Waals surface area contributed by atoms with Gasteiger partial charge in [0.1, 0.15) is 11.7 Å². The lowest BCUT2D eigenvalue weighted by atomic mass is 10.1. The van der Waals surface area contributed by atoms with E-state index in [1.54, 1.807) is 0 Å². The standard InChI is InChI=1S/C14H19FN2S/c15-13-6-11(5-12(7-13)14(16)17)9-18-8-10-3-1-2-4-10/h5-7,10H,1-4,8-9H2,(H3,16,17). The third kappa shape index (κ3) is 3.73. The van der Waals surface area contributed by atoms with Gasteiger partial charge in [0, 0.05) is 11.3 Å². The minimum absolute atomic E-state index is 0.0726. The lowest BCUT2D eigenvalue weighted by Crippen LogP contribution is -2.11. The molecule has 0 radical (unpaired) electrons. The van der Waals surface area contributed by atoms with Crippen LogP contribution in [0.25, 0.3) is 0 Å². The Kier molecular flexibility index (Phi) is 4.64. The summed E-state index contributed by atoms with van der Waals surface area (Å²) < 4.78 is 13.4. The van der Waals surface area contributed by atoms with Gasteiger partial charge in [0.15, 0.2) is 0 Å². The van der Waals surface area contributed by atoms with Crippen LogP contribution in [0.3, 0.4) is 0 Å². The van der Waals surface area contributed by atoms with Gasteiger partial charge in [-0.3, -0.25) is 5.41 Å². The maximum atomic E-state index is 13.4. The lowest BCUT2D eigenvalue weighted by molar-refractivity contribution is 0.622. The molecule has 0 amide bonds. The van der Waals surface area contributed by atoms with Crippen molar-refractivity contribution in [2.75, 3.05) is 5.75 Å². The molecule has 0 bridgehead atoms. The number of halogens is 1. The van der Waals surface area contributed by atoms with Gasteiger partial charge in [-0.1, -0.05) is 12.8 Å². The summed E-state index contributed by atoms with van der Waals surface area (Å²) >= 11 is 1.85. The van der Waals surface area contributed by atoms with Gasteiger partial charge >= 0.3 is 0 Å². The fraction of sp³-hybridized carbons (Fsp3) is 0.500. The summed E-state index contributed by atoms with van der Waals surface area (Å²) in [4.78, 5) is 0. The molecular formula is C14H19FN2S. The van der Waals surface area contributed by atoms with E-state index in [1.807, 2.05) is 17.8 Å². The van der Waals surface area contributed by atoms with Crippen molar-refractivity contribution < 1.29 is 4.39 Å². The molecule has 18 heavy (non-hydrogen) atoms. The normalized spacial score (nSPS) is 16.1. The van der Waals surface area contributed by atoms with Crippen LogP contribution in [-0.4, -0.2) is 11.6 Å². The highest BCUT2D eigenvalue weighted by Gasteiger charge is 2.14. The Hall–Kier alpha value is -1.03. The molecule has 0 aliphatic heterocycles. The highest BCUT2D eigenvalue weighted by Crippen LogP contribution is 2.29. The smallest absolute Gasteiger partial charge is 0.124 e. The molecule has 0 atom stereocenters. The maximum Gasteiger partial charge on any atom is 0.124 e. The molecule has 1 saturated carbocycles. The zero-order valence-corrected chi connectivity index (χ0v) is 11.2. The van der Waals surface area contributed by atoms with Crippen LogP contribution in [0.1, 0.15) is 36.8 Å². The molecule has 1 aliphatic carbocycles. The van der Waals surface area contributed by atoms with Crippen molar-refractivity contribution in [3.63, 3.8) is 0 Å². The Morgan fingerprint density at radius 3 is 2.72 bits per heavy atom. The molecule has 0 heterocycles. The largest absolute Gasteiger partial charge is 0.384 e. The van der Waals surface area contributed by atoms with Crippen molar-refractivity contribution in [2.24, 2.45) is 11.7 Å².